The van der Waals surface area contributed by atoms with Crippen LogP contribution in [0.2, 0.25) is 0 Å². The van der Waals surface area contributed by atoms with Gasteiger partial charge in [0.15, 0.2) is 0 Å². The molecule has 0 aromatic heterocycles. The summed E-state index contributed by atoms with van der Waals surface area (Å²) in [6.07, 6.45) is 0. The van der Waals surface area contributed by atoms with Crippen molar-refractivity contribution in [2.24, 2.45) is 0 Å². The highest BCUT2D eigenvalue weighted by atomic mass is 32.2. The molecule has 0 unspecified atom stereocenters. The minimum atomic E-state index is -3.52. The Kier molecular flexibility index (Phi) is 7.74. The zero-order valence-electron chi connectivity index (χ0n) is 16.9. The highest BCUT2D eigenvalue weighted by molar-refractivity contribution is 7.89. The van der Waals surface area contributed by atoms with Gasteiger partial charge in [0.25, 0.3) is 5.91 Å². The molecule has 152 valence electrons. The Morgan fingerprint density at radius 1 is 0.964 bits per heavy atom. The lowest BCUT2D eigenvalue weighted by molar-refractivity contribution is 0.0942. The van der Waals surface area contributed by atoms with Crippen LogP contribution >= 0.6 is 0 Å². The first kappa shape index (κ1) is 22.1. The van der Waals surface area contributed by atoms with Gasteiger partial charge in [0.1, 0.15) is 0 Å². The molecular formula is C21H29N3O3S. The molecule has 0 bridgehead atoms. The van der Waals surface area contributed by atoms with E-state index in [2.05, 4.69) is 10.2 Å². The van der Waals surface area contributed by atoms with E-state index < -0.39 is 10.0 Å². The minimum absolute atomic E-state index is 0.0486. The highest BCUT2D eigenvalue weighted by Crippen LogP contribution is 2.18. The molecule has 0 radical (unpaired) electrons. The summed E-state index contributed by atoms with van der Waals surface area (Å²) < 4.78 is 26.5. The van der Waals surface area contributed by atoms with Gasteiger partial charge in [-0.2, -0.15) is 4.31 Å². The Labute approximate surface area is 168 Å². The summed E-state index contributed by atoms with van der Waals surface area (Å²) in [7, 11) is 0.416. The molecule has 0 saturated carbocycles. The van der Waals surface area contributed by atoms with Crippen LogP contribution in [0.15, 0.2) is 59.5 Å². The highest BCUT2D eigenvalue weighted by Gasteiger charge is 2.22. The molecule has 7 heteroatoms. The summed E-state index contributed by atoms with van der Waals surface area (Å²) in [4.78, 5) is 14.8. The molecule has 0 aliphatic heterocycles. The van der Waals surface area contributed by atoms with E-state index >= 15 is 0 Å². The van der Waals surface area contributed by atoms with E-state index in [1.54, 1.807) is 26.0 Å². The van der Waals surface area contributed by atoms with Crippen molar-refractivity contribution in [1.29, 1.82) is 0 Å². The SMILES string of the molecule is CCN(CC)S(=O)(=O)c1ccc(C(=O)NC[C@H](c2ccccc2)N(C)C)cc1. The molecule has 0 saturated heterocycles. The second kappa shape index (κ2) is 9.82. The summed E-state index contributed by atoms with van der Waals surface area (Å²) in [6, 6.07) is 16.1. The number of carbonyl (C=O) groups is 1. The van der Waals surface area contributed by atoms with E-state index in [0.717, 1.165) is 5.56 Å². The van der Waals surface area contributed by atoms with Crippen LogP contribution in [0.5, 0.6) is 0 Å². The number of hydrogen-bond donors (Lipinski definition) is 1. The lowest BCUT2D eigenvalue weighted by Gasteiger charge is -2.25. The number of hydrogen-bond acceptors (Lipinski definition) is 4. The number of rotatable bonds is 9. The van der Waals surface area contributed by atoms with Crippen molar-refractivity contribution in [2.75, 3.05) is 33.7 Å². The summed E-state index contributed by atoms with van der Waals surface area (Å²) in [5, 5.41) is 2.94. The van der Waals surface area contributed by atoms with Gasteiger partial charge < -0.3 is 10.2 Å². The Morgan fingerprint density at radius 2 is 1.54 bits per heavy atom. The zero-order valence-corrected chi connectivity index (χ0v) is 17.7. The minimum Gasteiger partial charge on any atom is -0.350 e. The van der Waals surface area contributed by atoms with Crippen molar-refractivity contribution in [2.45, 2.75) is 24.8 Å². The van der Waals surface area contributed by atoms with Crippen LogP contribution in [0.4, 0.5) is 0 Å². The van der Waals surface area contributed by atoms with Crippen molar-refractivity contribution in [3.05, 3.63) is 65.7 Å². The van der Waals surface area contributed by atoms with Gasteiger partial charge in [-0.25, -0.2) is 8.42 Å². The molecule has 28 heavy (non-hydrogen) atoms. The first-order valence-corrected chi connectivity index (χ1v) is 10.8. The van der Waals surface area contributed by atoms with Crippen LogP contribution in [0, 0.1) is 0 Å². The van der Waals surface area contributed by atoms with Crippen LogP contribution in [0.1, 0.15) is 35.8 Å². The van der Waals surface area contributed by atoms with E-state index in [1.165, 1.54) is 16.4 Å². The lowest BCUT2D eigenvalue weighted by atomic mass is 10.1. The van der Waals surface area contributed by atoms with Crippen molar-refractivity contribution in [1.82, 2.24) is 14.5 Å². The van der Waals surface area contributed by atoms with Gasteiger partial charge in [-0.15, -0.1) is 0 Å². The van der Waals surface area contributed by atoms with Crippen molar-refractivity contribution in [3.8, 4) is 0 Å². The molecule has 0 aliphatic rings. The first-order chi connectivity index (χ1) is 13.3. The van der Waals surface area contributed by atoms with Gasteiger partial charge in [0.2, 0.25) is 10.0 Å². The Bertz CT molecular complexity index is 862. The number of nitrogens with zero attached hydrogens (tertiary/aromatic N) is 2. The normalized spacial score (nSPS) is 12.9. The third kappa shape index (κ3) is 5.19. The molecule has 2 rings (SSSR count). The molecule has 2 aromatic rings. The Hall–Kier alpha value is -2.22. The predicted octanol–water partition coefficient (Wildman–Crippen LogP) is 2.75. The maximum Gasteiger partial charge on any atom is 0.251 e. The molecule has 0 heterocycles. The molecule has 1 N–H and O–H groups in total. The summed E-state index contributed by atoms with van der Waals surface area (Å²) in [5.41, 5.74) is 1.55. The second-order valence-electron chi connectivity index (χ2n) is 6.71. The van der Waals surface area contributed by atoms with Crippen LogP contribution in [-0.2, 0) is 10.0 Å². The van der Waals surface area contributed by atoms with E-state index in [-0.39, 0.29) is 16.8 Å². The Morgan fingerprint density at radius 3 is 2.04 bits per heavy atom. The third-order valence-electron chi connectivity index (χ3n) is 4.72. The molecule has 0 aliphatic carbocycles. The van der Waals surface area contributed by atoms with Crippen LogP contribution in [0.25, 0.3) is 0 Å². The maximum absolute atomic E-state index is 12.5. The standard InChI is InChI=1S/C21H29N3O3S/c1-5-24(6-2)28(26,27)19-14-12-18(13-15-19)21(25)22-16-20(23(3)4)17-10-8-7-9-11-17/h7-15,20H,5-6,16H2,1-4H3,(H,22,25)/t20-/m1/s1. The summed E-state index contributed by atoms with van der Waals surface area (Å²) in [5.74, 6) is -0.227. The van der Waals surface area contributed by atoms with E-state index in [4.69, 9.17) is 0 Å². The zero-order chi connectivity index (χ0) is 20.7. The fourth-order valence-electron chi connectivity index (χ4n) is 3.06. The number of carbonyl (C=O) groups excluding carboxylic acids is 1. The third-order valence-corrected chi connectivity index (χ3v) is 6.79. The van der Waals surface area contributed by atoms with Crippen LogP contribution in [0.3, 0.4) is 0 Å². The topological polar surface area (TPSA) is 69.7 Å². The van der Waals surface area contributed by atoms with E-state index in [9.17, 15) is 13.2 Å². The summed E-state index contributed by atoms with van der Waals surface area (Å²) >= 11 is 0. The molecule has 1 atom stereocenters. The van der Waals surface area contributed by atoms with Gasteiger partial charge in [0, 0.05) is 25.2 Å². The summed E-state index contributed by atoms with van der Waals surface area (Å²) in [6.45, 7) is 4.88. The number of sulfonamides is 1. The van der Waals surface area contributed by atoms with Gasteiger partial charge in [-0.05, 0) is 43.9 Å². The smallest absolute Gasteiger partial charge is 0.251 e. The van der Waals surface area contributed by atoms with Gasteiger partial charge in [-0.1, -0.05) is 44.2 Å². The van der Waals surface area contributed by atoms with Crippen molar-refractivity contribution in [3.63, 3.8) is 0 Å². The quantitative estimate of drug-likeness (QED) is 0.699. The van der Waals surface area contributed by atoms with Gasteiger partial charge >= 0.3 is 0 Å². The molecule has 2 aromatic carbocycles. The van der Waals surface area contributed by atoms with Crippen molar-refractivity contribution < 1.29 is 13.2 Å². The van der Waals surface area contributed by atoms with Gasteiger partial charge in [-0.3, -0.25) is 4.79 Å². The van der Waals surface area contributed by atoms with Crippen LogP contribution in [-0.4, -0.2) is 57.3 Å². The molecule has 1 amide bonds. The largest absolute Gasteiger partial charge is 0.350 e. The number of amides is 1. The maximum atomic E-state index is 12.5. The van der Waals surface area contributed by atoms with Crippen molar-refractivity contribution >= 4 is 15.9 Å². The second-order valence-corrected chi connectivity index (χ2v) is 8.65. The number of benzene rings is 2. The number of likely N-dealkylation sites (N-methyl/N-ethyl adjacent to an activating group) is 1. The fourth-order valence-corrected chi connectivity index (χ4v) is 4.51. The molecule has 6 nitrogen and oxygen atoms in total. The van der Waals surface area contributed by atoms with Gasteiger partial charge in [0.05, 0.1) is 10.9 Å². The fraction of sp³-hybridized carbons (Fsp3) is 0.381. The number of nitrogens with one attached hydrogen (secondary N) is 1. The lowest BCUT2D eigenvalue weighted by Crippen LogP contribution is -2.34. The predicted molar refractivity (Wildman–Crippen MR) is 112 cm³/mol. The molecule has 0 spiro atoms. The van der Waals surface area contributed by atoms with E-state index in [1.807, 2.05) is 44.4 Å². The Balaban J connectivity index is 2.09. The molecular weight excluding hydrogens is 374 g/mol. The van der Waals surface area contributed by atoms with Crippen LogP contribution < -0.4 is 5.32 Å². The first-order valence-electron chi connectivity index (χ1n) is 9.41. The molecule has 0 fully saturated rings. The average Bonchev–Trinajstić information content (AvgIpc) is 2.69. The monoisotopic (exact) mass is 403 g/mol. The average molecular weight is 404 g/mol. The van der Waals surface area contributed by atoms with E-state index in [0.29, 0.717) is 25.2 Å².